The van der Waals surface area contributed by atoms with Crippen LogP contribution in [-0.4, -0.2) is 25.8 Å². The van der Waals surface area contributed by atoms with Gasteiger partial charge in [-0.25, -0.2) is 0 Å². The first kappa shape index (κ1) is 14.5. The van der Waals surface area contributed by atoms with Crippen molar-refractivity contribution in [3.8, 4) is 0 Å². The lowest BCUT2D eigenvalue weighted by Crippen LogP contribution is -2.50. The number of nitrogens with one attached hydrogen (secondary N) is 1. The van der Waals surface area contributed by atoms with E-state index in [0.29, 0.717) is 6.61 Å². The monoisotopic (exact) mass is 263 g/mol. The zero-order valence-electron chi connectivity index (χ0n) is 12.2. The minimum atomic E-state index is -0.00584. The first-order chi connectivity index (χ1) is 9.23. The quantitative estimate of drug-likeness (QED) is 0.885. The Morgan fingerprint density at radius 3 is 2.53 bits per heavy atom. The molecule has 3 heteroatoms. The second-order valence-electron chi connectivity index (χ2n) is 5.30. The van der Waals surface area contributed by atoms with Crippen LogP contribution in [0.4, 0.5) is 0 Å². The molecule has 1 N–H and O–H groups in total. The summed E-state index contributed by atoms with van der Waals surface area (Å²) in [7, 11) is 1.72. The molecule has 0 aliphatic carbocycles. The molecule has 1 saturated heterocycles. The maximum atomic E-state index is 6.36. The molecule has 1 aliphatic rings. The smallest absolute Gasteiger partial charge is 0.0957 e. The molecule has 0 radical (unpaired) electrons. The highest BCUT2D eigenvalue weighted by Crippen LogP contribution is 2.31. The van der Waals surface area contributed by atoms with E-state index in [9.17, 15) is 0 Å². The molecule has 1 fully saturated rings. The predicted octanol–water partition coefficient (Wildman–Crippen LogP) is 3.05. The molecule has 2 rings (SSSR count). The molecule has 1 aromatic carbocycles. The third-order valence-corrected chi connectivity index (χ3v) is 4.12. The van der Waals surface area contributed by atoms with Gasteiger partial charge in [-0.2, -0.15) is 0 Å². The van der Waals surface area contributed by atoms with Crippen LogP contribution in [0.3, 0.4) is 0 Å². The Bertz CT molecular complexity index is 384. The van der Waals surface area contributed by atoms with E-state index in [-0.39, 0.29) is 11.7 Å². The summed E-state index contributed by atoms with van der Waals surface area (Å²) in [5, 5.41) is 3.52. The van der Waals surface area contributed by atoms with Gasteiger partial charge in [-0.1, -0.05) is 38.1 Å². The van der Waals surface area contributed by atoms with Crippen molar-refractivity contribution in [2.75, 3.05) is 20.2 Å². The Balaban J connectivity index is 2.08. The summed E-state index contributed by atoms with van der Waals surface area (Å²) in [6.07, 6.45) is 2.26. The second-order valence-corrected chi connectivity index (χ2v) is 5.30. The molecule has 19 heavy (non-hydrogen) atoms. The highest BCUT2D eigenvalue weighted by Gasteiger charge is 2.34. The number of hydrogen-bond acceptors (Lipinski definition) is 3. The summed E-state index contributed by atoms with van der Waals surface area (Å²) < 4.78 is 11.5. The van der Waals surface area contributed by atoms with Gasteiger partial charge >= 0.3 is 0 Å². The van der Waals surface area contributed by atoms with Gasteiger partial charge in [-0.15, -0.1) is 0 Å². The largest absolute Gasteiger partial charge is 0.380 e. The summed E-state index contributed by atoms with van der Waals surface area (Å²) in [5.74, 6) is 0. The first-order valence-electron chi connectivity index (χ1n) is 7.19. The fourth-order valence-electron chi connectivity index (χ4n) is 2.66. The van der Waals surface area contributed by atoms with Crippen LogP contribution in [0.2, 0.25) is 0 Å². The standard InChI is InChI=1S/C16H25NO2/c1-4-16(5-2)12-17-10-15(19-16)14-8-6-13(7-9-14)11-18-3/h6-9,15,17H,4-5,10-12H2,1-3H3. The topological polar surface area (TPSA) is 30.5 Å². The predicted molar refractivity (Wildman–Crippen MR) is 77.2 cm³/mol. The third kappa shape index (κ3) is 3.35. The van der Waals surface area contributed by atoms with Gasteiger partial charge in [0, 0.05) is 20.2 Å². The van der Waals surface area contributed by atoms with Gasteiger partial charge in [0.05, 0.1) is 18.3 Å². The lowest BCUT2D eigenvalue weighted by Gasteiger charge is -2.41. The molecule has 3 nitrogen and oxygen atoms in total. The molecular formula is C16H25NO2. The molecule has 0 aromatic heterocycles. The van der Waals surface area contributed by atoms with Gasteiger partial charge in [-0.05, 0) is 24.0 Å². The molecule has 0 bridgehead atoms. The maximum Gasteiger partial charge on any atom is 0.0957 e. The average Bonchev–Trinajstić information content (AvgIpc) is 2.48. The van der Waals surface area contributed by atoms with Gasteiger partial charge in [0.2, 0.25) is 0 Å². The number of morpholine rings is 1. The van der Waals surface area contributed by atoms with Crippen molar-refractivity contribution >= 4 is 0 Å². The lowest BCUT2D eigenvalue weighted by atomic mass is 9.93. The lowest BCUT2D eigenvalue weighted by molar-refractivity contribution is -0.122. The van der Waals surface area contributed by atoms with Crippen LogP contribution in [0, 0.1) is 0 Å². The Morgan fingerprint density at radius 1 is 1.26 bits per heavy atom. The van der Waals surface area contributed by atoms with Crippen LogP contribution >= 0.6 is 0 Å². The van der Waals surface area contributed by atoms with Gasteiger partial charge in [0.25, 0.3) is 0 Å². The van der Waals surface area contributed by atoms with Gasteiger partial charge < -0.3 is 14.8 Å². The molecular weight excluding hydrogens is 238 g/mol. The summed E-state index contributed by atoms with van der Waals surface area (Å²) in [6, 6.07) is 8.55. The van der Waals surface area contributed by atoms with Crippen LogP contribution in [-0.2, 0) is 16.1 Å². The zero-order chi connectivity index (χ0) is 13.7. The highest BCUT2D eigenvalue weighted by atomic mass is 16.5. The van der Waals surface area contributed by atoms with Crippen molar-refractivity contribution in [3.63, 3.8) is 0 Å². The van der Waals surface area contributed by atoms with Crippen molar-refractivity contribution in [3.05, 3.63) is 35.4 Å². The van der Waals surface area contributed by atoms with Crippen LogP contribution in [0.1, 0.15) is 43.9 Å². The molecule has 1 heterocycles. The van der Waals surface area contributed by atoms with Gasteiger partial charge in [-0.3, -0.25) is 0 Å². The molecule has 0 spiro atoms. The Hall–Kier alpha value is -0.900. The molecule has 1 aliphatic heterocycles. The van der Waals surface area contributed by atoms with Crippen LogP contribution in [0.25, 0.3) is 0 Å². The van der Waals surface area contributed by atoms with Crippen LogP contribution in [0.15, 0.2) is 24.3 Å². The average molecular weight is 263 g/mol. The van der Waals surface area contributed by atoms with E-state index < -0.39 is 0 Å². The molecule has 1 atom stereocenters. The van der Waals surface area contributed by atoms with Crippen LogP contribution < -0.4 is 5.32 Å². The summed E-state index contributed by atoms with van der Waals surface area (Å²) in [6.45, 7) is 6.92. The summed E-state index contributed by atoms with van der Waals surface area (Å²) >= 11 is 0. The molecule has 1 unspecified atom stereocenters. The Morgan fingerprint density at radius 2 is 1.95 bits per heavy atom. The minimum absolute atomic E-state index is 0.00584. The van der Waals surface area contributed by atoms with E-state index >= 15 is 0 Å². The van der Waals surface area contributed by atoms with Gasteiger partial charge in [0.1, 0.15) is 0 Å². The van der Waals surface area contributed by atoms with Crippen molar-refractivity contribution in [1.29, 1.82) is 0 Å². The summed E-state index contributed by atoms with van der Waals surface area (Å²) in [4.78, 5) is 0. The fraction of sp³-hybridized carbons (Fsp3) is 0.625. The van der Waals surface area contributed by atoms with E-state index in [1.807, 2.05) is 0 Å². The third-order valence-electron chi connectivity index (χ3n) is 4.12. The fourth-order valence-corrected chi connectivity index (χ4v) is 2.66. The number of benzene rings is 1. The number of rotatable bonds is 5. The van der Waals surface area contributed by atoms with Crippen molar-refractivity contribution in [2.24, 2.45) is 0 Å². The second kappa shape index (κ2) is 6.51. The number of hydrogen-bond donors (Lipinski definition) is 1. The molecule has 0 saturated carbocycles. The summed E-state index contributed by atoms with van der Waals surface area (Å²) in [5.41, 5.74) is 2.44. The normalized spacial score (nSPS) is 22.4. The minimum Gasteiger partial charge on any atom is -0.380 e. The van der Waals surface area contributed by atoms with E-state index in [1.165, 1.54) is 11.1 Å². The van der Waals surface area contributed by atoms with E-state index in [4.69, 9.17) is 9.47 Å². The molecule has 0 amide bonds. The van der Waals surface area contributed by atoms with E-state index in [0.717, 1.165) is 25.9 Å². The zero-order valence-corrected chi connectivity index (χ0v) is 12.2. The molecule has 1 aromatic rings. The van der Waals surface area contributed by atoms with E-state index in [2.05, 4.69) is 43.4 Å². The van der Waals surface area contributed by atoms with Crippen LogP contribution in [0.5, 0.6) is 0 Å². The number of methoxy groups -OCH3 is 1. The maximum absolute atomic E-state index is 6.36. The van der Waals surface area contributed by atoms with E-state index in [1.54, 1.807) is 7.11 Å². The van der Waals surface area contributed by atoms with Crippen molar-refractivity contribution < 1.29 is 9.47 Å². The Kier molecular flexibility index (Phi) is 4.97. The van der Waals surface area contributed by atoms with Crippen molar-refractivity contribution in [1.82, 2.24) is 5.32 Å². The highest BCUT2D eigenvalue weighted by molar-refractivity contribution is 5.24. The Labute approximate surface area is 116 Å². The number of ether oxygens (including phenoxy) is 2. The van der Waals surface area contributed by atoms with Crippen molar-refractivity contribution in [2.45, 2.75) is 45.0 Å². The van der Waals surface area contributed by atoms with Gasteiger partial charge in [0.15, 0.2) is 0 Å². The first-order valence-corrected chi connectivity index (χ1v) is 7.19. The SMILES string of the molecule is CCC1(CC)CNCC(c2ccc(COC)cc2)O1. The molecule has 106 valence electrons.